The number of thiazole rings is 1. The molecular weight excluding hydrogens is 273 g/mol. The van der Waals surface area contributed by atoms with Crippen molar-refractivity contribution in [1.82, 2.24) is 4.98 Å². The monoisotopic (exact) mass is 287 g/mol. The number of para-hydroxylation sites is 1. The fourth-order valence-corrected chi connectivity index (χ4v) is 3.26. The molecule has 2 aromatic carbocycles. The smallest absolute Gasteiger partial charge is 0.123 e. The van der Waals surface area contributed by atoms with E-state index in [4.69, 9.17) is 0 Å². The number of rotatable bonds is 4. The van der Waals surface area contributed by atoms with Gasteiger partial charge in [-0.3, -0.25) is 0 Å². The van der Waals surface area contributed by atoms with Crippen molar-refractivity contribution in [3.63, 3.8) is 0 Å². The fraction of sp³-hybridized carbons (Fsp3) is 0.188. The van der Waals surface area contributed by atoms with Crippen molar-refractivity contribution in [2.75, 3.05) is 0 Å². The highest BCUT2D eigenvalue weighted by molar-refractivity contribution is 7.18. The third-order valence-corrected chi connectivity index (χ3v) is 4.17. The summed E-state index contributed by atoms with van der Waals surface area (Å²) in [6.45, 7) is 0. The molecule has 0 aliphatic carbocycles. The summed E-state index contributed by atoms with van der Waals surface area (Å²) in [6.07, 6.45) is 0.390. The van der Waals surface area contributed by atoms with Crippen LogP contribution in [0, 0.1) is 5.82 Å². The summed E-state index contributed by atoms with van der Waals surface area (Å²) in [4.78, 5) is 4.50. The van der Waals surface area contributed by atoms with Crippen LogP contribution in [0.3, 0.4) is 0 Å². The highest BCUT2D eigenvalue weighted by Gasteiger charge is 2.11. The molecule has 1 N–H and O–H groups in total. The van der Waals surface area contributed by atoms with Crippen molar-refractivity contribution in [2.24, 2.45) is 0 Å². The van der Waals surface area contributed by atoms with Crippen molar-refractivity contribution in [3.8, 4) is 0 Å². The summed E-state index contributed by atoms with van der Waals surface area (Å²) < 4.78 is 14.2. The summed E-state index contributed by atoms with van der Waals surface area (Å²) in [7, 11) is 0. The molecule has 20 heavy (non-hydrogen) atoms. The van der Waals surface area contributed by atoms with E-state index in [0.717, 1.165) is 20.8 Å². The van der Waals surface area contributed by atoms with Gasteiger partial charge < -0.3 is 5.11 Å². The highest BCUT2D eigenvalue weighted by atomic mass is 32.1. The quantitative estimate of drug-likeness (QED) is 0.795. The number of hydrogen-bond donors (Lipinski definition) is 1. The lowest BCUT2D eigenvalue weighted by Gasteiger charge is -2.08. The minimum atomic E-state index is -0.544. The lowest BCUT2D eigenvalue weighted by Crippen LogP contribution is -2.13. The maximum absolute atomic E-state index is 13.1. The van der Waals surface area contributed by atoms with Crippen molar-refractivity contribution >= 4 is 21.6 Å². The Balaban J connectivity index is 1.70. The van der Waals surface area contributed by atoms with Gasteiger partial charge in [-0.25, -0.2) is 9.37 Å². The summed E-state index contributed by atoms with van der Waals surface area (Å²) in [6, 6.07) is 14.3. The van der Waals surface area contributed by atoms with Crippen molar-refractivity contribution in [1.29, 1.82) is 0 Å². The molecule has 2 nitrogen and oxygen atoms in total. The normalized spacial score (nSPS) is 12.7. The van der Waals surface area contributed by atoms with E-state index in [1.807, 2.05) is 30.3 Å². The second-order valence-electron chi connectivity index (χ2n) is 4.77. The van der Waals surface area contributed by atoms with Crippen LogP contribution in [0.15, 0.2) is 48.5 Å². The second kappa shape index (κ2) is 5.69. The SMILES string of the molecule is OC(Cc1cccc(F)c1)Cc1nc2ccccc2s1. The molecule has 1 aromatic heterocycles. The first-order valence-electron chi connectivity index (χ1n) is 6.47. The van der Waals surface area contributed by atoms with Crippen LogP contribution in [-0.2, 0) is 12.8 Å². The van der Waals surface area contributed by atoms with Gasteiger partial charge >= 0.3 is 0 Å². The molecular formula is C16H14FNOS. The van der Waals surface area contributed by atoms with Crippen LogP contribution in [0.25, 0.3) is 10.2 Å². The van der Waals surface area contributed by atoms with Crippen LogP contribution in [0.2, 0.25) is 0 Å². The van der Waals surface area contributed by atoms with E-state index in [1.165, 1.54) is 12.1 Å². The topological polar surface area (TPSA) is 33.1 Å². The number of hydrogen-bond acceptors (Lipinski definition) is 3. The summed E-state index contributed by atoms with van der Waals surface area (Å²) in [5.41, 5.74) is 1.77. The van der Waals surface area contributed by atoms with Gasteiger partial charge in [0.2, 0.25) is 0 Å². The Hall–Kier alpha value is -1.78. The van der Waals surface area contributed by atoms with Crippen molar-refractivity contribution in [3.05, 3.63) is 64.9 Å². The van der Waals surface area contributed by atoms with E-state index < -0.39 is 6.10 Å². The van der Waals surface area contributed by atoms with E-state index >= 15 is 0 Å². The molecule has 0 aliphatic heterocycles. The van der Waals surface area contributed by atoms with E-state index in [-0.39, 0.29) is 5.82 Å². The molecule has 1 unspecified atom stereocenters. The molecule has 0 amide bonds. The van der Waals surface area contributed by atoms with Crippen molar-refractivity contribution < 1.29 is 9.50 Å². The number of benzene rings is 2. The van der Waals surface area contributed by atoms with E-state index in [2.05, 4.69) is 4.98 Å². The molecule has 0 aliphatic rings. The van der Waals surface area contributed by atoms with Gasteiger partial charge in [-0.2, -0.15) is 0 Å². The van der Waals surface area contributed by atoms with E-state index in [0.29, 0.717) is 12.8 Å². The summed E-state index contributed by atoms with van der Waals surface area (Å²) in [5.74, 6) is -0.269. The van der Waals surface area contributed by atoms with E-state index in [1.54, 1.807) is 17.4 Å². The maximum Gasteiger partial charge on any atom is 0.123 e. The third-order valence-electron chi connectivity index (χ3n) is 3.11. The van der Waals surface area contributed by atoms with Gasteiger partial charge in [0.15, 0.2) is 0 Å². The zero-order valence-electron chi connectivity index (χ0n) is 10.8. The van der Waals surface area contributed by atoms with Crippen LogP contribution in [0.5, 0.6) is 0 Å². The number of nitrogens with zero attached hydrogens (tertiary/aromatic N) is 1. The van der Waals surface area contributed by atoms with Crippen molar-refractivity contribution in [2.45, 2.75) is 18.9 Å². The molecule has 0 saturated carbocycles. The zero-order chi connectivity index (χ0) is 13.9. The van der Waals surface area contributed by atoms with Crippen LogP contribution in [0.4, 0.5) is 4.39 Å². The Morgan fingerprint density at radius 2 is 1.95 bits per heavy atom. The Kier molecular flexibility index (Phi) is 3.76. The molecule has 0 spiro atoms. The first-order chi connectivity index (χ1) is 9.70. The minimum absolute atomic E-state index is 0.269. The zero-order valence-corrected chi connectivity index (χ0v) is 11.6. The molecule has 3 rings (SSSR count). The van der Waals surface area contributed by atoms with Gasteiger partial charge in [0, 0.05) is 6.42 Å². The lowest BCUT2D eigenvalue weighted by atomic mass is 10.1. The first kappa shape index (κ1) is 13.2. The molecule has 0 radical (unpaired) electrons. The van der Waals surface area contributed by atoms with Gasteiger partial charge in [-0.15, -0.1) is 11.3 Å². The van der Waals surface area contributed by atoms with Crippen LogP contribution < -0.4 is 0 Å². The average molecular weight is 287 g/mol. The van der Waals surface area contributed by atoms with Crippen LogP contribution in [0.1, 0.15) is 10.6 Å². The molecule has 102 valence electrons. The molecule has 4 heteroatoms. The van der Waals surface area contributed by atoms with Gasteiger partial charge in [0.1, 0.15) is 5.82 Å². The Morgan fingerprint density at radius 1 is 1.10 bits per heavy atom. The predicted octanol–water partition coefficient (Wildman–Crippen LogP) is 3.58. The number of halogens is 1. The molecule has 3 aromatic rings. The number of aromatic nitrogens is 1. The summed E-state index contributed by atoms with van der Waals surface area (Å²) in [5, 5.41) is 11.0. The molecule has 0 bridgehead atoms. The largest absolute Gasteiger partial charge is 0.392 e. The van der Waals surface area contributed by atoms with Crippen LogP contribution in [-0.4, -0.2) is 16.2 Å². The Bertz CT molecular complexity index is 692. The third kappa shape index (κ3) is 3.03. The Labute approximate surface area is 120 Å². The lowest BCUT2D eigenvalue weighted by molar-refractivity contribution is 0.175. The Morgan fingerprint density at radius 3 is 2.75 bits per heavy atom. The molecule has 0 saturated heterocycles. The standard InChI is InChI=1S/C16H14FNOS/c17-12-5-3-4-11(8-12)9-13(19)10-16-18-14-6-1-2-7-15(14)20-16/h1-8,13,19H,9-10H2. The van der Waals surface area contributed by atoms with Gasteiger partial charge in [0.05, 0.1) is 21.3 Å². The number of aliphatic hydroxyl groups is 1. The molecule has 1 atom stereocenters. The van der Waals surface area contributed by atoms with Crippen LogP contribution >= 0.6 is 11.3 Å². The first-order valence-corrected chi connectivity index (χ1v) is 7.29. The van der Waals surface area contributed by atoms with Gasteiger partial charge in [-0.05, 0) is 36.2 Å². The van der Waals surface area contributed by atoms with Gasteiger partial charge in [0.25, 0.3) is 0 Å². The van der Waals surface area contributed by atoms with Gasteiger partial charge in [-0.1, -0.05) is 24.3 Å². The highest BCUT2D eigenvalue weighted by Crippen LogP contribution is 2.23. The number of aliphatic hydroxyl groups excluding tert-OH is 1. The molecule has 0 fully saturated rings. The number of fused-ring (bicyclic) bond motifs is 1. The minimum Gasteiger partial charge on any atom is -0.392 e. The second-order valence-corrected chi connectivity index (χ2v) is 5.88. The molecule has 1 heterocycles. The predicted molar refractivity (Wildman–Crippen MR) is 79.4 cm³/mol. The fourth-order valence-electron chi connectivity index (χ4n) is 2.22. The average Bonchev–Trinajstić information content (AvgIpc) is 2.80. The van der Waals surface area contributed by atoms with E-state index in [9.17, 15) is 9.50 Å². The maximum atomic E-state index is 13.1. The summed E-state index contributed by atoms with van der Waals surface area (Å²) >= 11 is 1.59.